The van der Waals surface area contributed by atoms with Crippen LogP contribution in [0.5, 0.6) is 0 Å². The zero-order chi connectivity index (χ0) is 19.2. The number of amides is 1. The minimum absolute atomic E-state index is 0.166. The van der Waals surface area contributed by atoms with Gasteiger partial charge >= 0.3 is 0 Å². The van der Waals surface area contributed by atoms with Gasteiger partial charge in [-0.05, 0) is 42.8 Å². The zero-order valence-corrected chi connectivity index (χ0v) is 14.6. The summed E-state index contributed by atoms with van der Waals surface area (Å²) in [7, 11) is 0. The van der Waals surface area contributed by atoms with Crippen LogP contribution >= 0.6 is 0 Å². The Morgan fingerprint density at radius 1 is 1.11 bits per heavy atom. The highest BCUT2D eigenvalue weighted by molar-refractivity contribution is 5.96. The summed E-state index contributed by atoms with van der Waals surface area (Å²) >= 11 is 0. The van der Waals surface area contributed by atoms with Crippen molar-refractivity contribution in [2.24, 2.45) is 0 Å². The number of nitro groups is 1. The molecule has 7 heteroatoms. The minimum atomic E-state index is -0.507. The predicted octanol–water partition coefficient (Wildman–Crippen LogP) is 4.22. The van der Waals surface area contributed by atoms with Crippen LogP contribution in [-0.2, 0) is 0 Å². The first-order valence-electron chi connectivity index (χ1n) is 8.36. The van der Waals surface area contributed by atoms with Crippen LogP contribution in [-0.4, -0.2) is 15.8 Å². The maximum Gasteiger partial charge on any atom is 0.293 e. The molecule has 2 N–H and O–H groups in total. The Labute approximate surface area is 156 Å². The van der Waals surface area contributed by atoms with Crippen LogP contribution in [0.15, 0.2) is 73.1 Å². The summed E-state index contributed by atoms with van der Waals surface area (Å²) in [4.78, 5) is 27.5. The summed E-state index contributed by atoms with van der Waals surface area (Å²) in [6, 6.07) is 16.9. The van der Waals surface area contributed by atoms with Crippen LogP contribution in [0.1, 0.15) is 28.9 Å². The number of anilines is 2. The van der Waals surface area contributed by atoms with E-state index < -0.39 is 4.92 Å². The van der Waals surface area contributed by atoms with E-state index in [0.717, 1.165) is 11.3 Å². The fourth-order valence-corrected chi connectivity index (χ4v) is 2.60. The molecule has 0 radical (unpaired) electrons. The molecule has 0 bridgehead atoms. The highest BCUT2D eigenvalue weighted by Gasteiger charge is 2.19. The van der Waals surface area contributed by atoms with Crippen LogP contribution in [0.4, 0.5) is 17.1 Å². The molecule has 7 nitrogen and oxygen atoms in total. The summed E-state index contributed by atoms with van der Waals surface area (Å²) in [5, 5.41) is 17.3. The molecule has 0 saturated heterocycles. The second kappa shape index (κ2) is 8.09. The first-order chi connectivity index (χ1) is 13.0. The van der Waals surface area contributed by atoms with Crippen molar-refractivity contribution in [2.45, 2.75) is 13.0 Å². The SMILES string of the molecule is CC(NC(=O)c1ccc(Nc2ccccc2)c([N+](=O)[O-])c1)c1cccnc1. The summed E-state index contributed by atoms with van der Waals surface area (Å²) in [6.45, 7) is 1.83. The molecule has 1 amide bonds. The summed E-state index contributed by atoms with van der Waals surface area (Å²) in [5.41, 5.74) is 1.95. The van der Waals surface area contributed by atoms with Gasteiger partial charge in [-0.25, -0.2) is 0 Å². The molecule has 27 heavy (non-hydrogen) atoms. The van der Waals surface area contributed by atoms with Crippen LogP contribution < -0.4 is 10.6 Å². The highest BCUT2D eigenvalue weighted by Crippen LogP contribution is 2.29. The molecule has 1 unspecified atom stereocenters. The standard InChI is InChI=1S/C20H18N4O3/c1-14(16-6-5-11-21-13-16)22-20(25)15-9-10-18(19(12-15)24(26)27)23-17-7-3-2-4-8-17/h2-14,23H,1H3,(H,22,25). The molecule has 3 aromatic rings. The number of nitro benzene ring substituents is 1. The van der Waals surface area contributed by atoms with Crippen LogP contribution in [0.2, 0.25) is 0 Å². The topological polar surface area (TPSA) is 97.2 Å². The molecular formula is C20H18N4O3. The van der Waals surface area contributed by atoms with E-state index in [1.54, 1.807) is 36.7 Å². The van der Waals surface area contributed by atoms with Gasteiger partial charge in [0.2, 0.25) is 0 Å². The van der Waals surface area contributed by atoms with Gasteiger partial charge in [0.25, 0.3) is 11.6 Å². The van der Waals surface area contributed by atoms with Gasteiger partial charge in [0, 0.05) is 29.7 Å². The predicted molar refractivity (Wildman–Crippen MR) is 103 cm³/mol. The fraction of sp³-hybridized carbons (Fsp3) is 0.100. The van der Waals surface area contributed by atoms with Gasteiger partial charge in [-0.15, -0.1) is 0 Å². The van der Waals surface area contributed by atoms with Crippen molar-refractivity contribution in [1.82, 2.24) is 10.3 Å². The molecule has 0 aliphatic heterocycles. The lowest BCUT2D eigenvalue weighted by Crippen LogP contribution is -2.26. The second-order valence-electron chi connectivity index (χ2n) is 5.96. The normalized spacial score (nSPS) is 11.4. The first-order valence-corrected chi connectivity index (χ1v) is 8.36. The van der Waals surface area contributed by atoms with E-state index >= 15 is 0 Å². The quantitative estimate of drug-likeness (QED) is 0.505. The maximum atomic E-state index is 12.5. The van der Waals surface area contributed by atoms with E-state index in [1.165, 1.54) is 12.1 Å². The van der Waals surface area contributed by atoms with Crippen molar-refractivity contribution in [3.05, 3.63) is 94.3 Å². The Bertz CT molecular complexity index is 946. The summed E-state index contributed by atoms with van der Waals surface area (Å²) < 4.78 is 0. The summed E-state index contributed by atoms with van der Waals surface area (Å²) in [5.74, 6) is -0.388. The minimum Gasteiger partial charge on any atom is -0.350 e. The van der Waals surface area contributed by atoms with Gasteiger partial charge in [-0.3, -0.25) is 19.9 Å². The average Bonchev–Trinajstić information content (AvgIpc) is 2.69. The molecule has 0 spiro atoms. The van der Waals surface area contributed by atoms with Gasteiger partial charge in [0.1, 0.15) is 5.69 Å². The van der Waals surface area contributed by atoms with Gasteiger partial charge < -0.3 is 10.6 Å². The Morgan fingerprint density at radius 2 is 1.89 bits per heavy atom. The monoisotopic (exact) mass is 362 g/mol. The first kappa shape index (κ1) is 18.1. The molecule has 0 fully saturated rings. The third kappa shape index (κ3) is 4.46. The molecule has 1 aromatic heterocycles. The van der Waals surface area contributed by atoms with Crippen molar-refractivity contribution in [1.29, 1.82) is 0 Å². The molecule has 3 rings (SSSR count). The van der Waals surface area contributed by atoms with Crippen molar-refractivity contribution < 1.29 is 9.72 Å². The van der Waals surface area contributed by atoms with Crippen LogP contribution in [0, 0.1) is 10.1 Å². The van der Waals surface area contributed by atoms with Crippen molar-refractivity contribution in [3.8, 4) is 0 Å². The van der Waals surface area contributed by atoms with Gasteiger partial charge in [-0.2, -0.15) is 0 Å². The third-order valence-corrected chi connectivity index (χ3v) is 4.04. The Kier molecular flexibility index (Phi) is 5.41. The third-order valence-electron chi connectivity index (χ3n) is 4.04. The van der Waals surface area contributed by atoms with Gasteiger partial charge in [-0.1, -0.05) is 24.3 Å². The van der Waals surface area contributed by atoms with Crippen molar-refractivity contribution >= 4 is 23.0 Å². The van der Waals surface area contributed by atoms with E-state index in [1.807, 2.05) is 31.2 Å². The molecular weight excluding hydrogens is 344 g/mol. The fourth-order valence-electron chi connectivity index (χ4n) is 2.60. The molecule has 136 valence electrons. The lowest BCUT2D eigenvalue weighted by Gasteiger charge is -2.14. The molecule has 2 aromatic carbocycles. The van der Waals surface area contributed by atoms with E-state index in [-0.39, 0.29) is 23.2 Å². The average molecular weight is 362 g/mol. The number of nitrogens with zero attached hydrogens (tertiary/aromatic N) is 2. The maximum absolute atomic E-state index is 12.5. The lowest BCUT2D eigenvalue weighted by atomic mass is 10.1. The van der Waals surface area contributed by atoms with E-state index in [4.69, 9.17) is 0 Å². The Balaban J connectivity index is 1.81. The van der Waals surface area contributed by atoms with E-state index in [2.05, 4.69) is 15.6 Å². The van der Waals surface area contributed by atoms with Crippen molar-refractivity contribution in [3.63, 3.8) is 0 Å². The number of hydrogen-bond acceptors (Lipinski definition) is 5. The lowest BCUT2D eigenvalue weighted by molar-refractivity contribution is -0.383. The van der Waals surface area contributed by atoms with E-state index in [9.17, 15) is 14.9 Å². The van der Waals surface area contributed by atoms with Crippen LogP contribution in [0.25, 0.3) is 0 Å². The van der Waals surface area contributed by atoms with E-state index in [0.29, 0.717) is 5.69 Å². The largest absolute Gasteiger partial charge is 0.350 e. The number of rotatable bonds is 6. The number of nitrogens with one attached hydrogen (secondary N) is 2. The molecule has 0 saturated carbocycles. The van der Waals surface area contributed by atoms with Crippen LogP contribution in [0.3, 0.4) is 0 Å². The number of carbonyl (C=O) groups is 1. The summed E-state index contributed by atoms with van der Waals surface area (Å²) in [6.07, 6.45) is 3.32. The Morgan fingerprint density at radius 3 is 2.56 bits per heavy atom. The smallest absolute Gasteiger partial charge is 0.293 e. The van der Waals surface area contributed by atoms with Gasteiger partial charge in [0.15, 0.2) is 0 Å². The zero-order valence-electron chi connectivity index (χ0n) is 14.6. The number of aromatic nitrogens is 1. The number of para-hydroxylation sites is 1. The van der Waals surface area contributed by atoms with Crippen molar-refractivity contribution in [2.75, 3.05) is 5.32 Å². The number of carbonyl (C=O) groups excluding carboxylic acids is 1. The number of benzene rings is 2. The highest BCUT2D eigenvalue weighted by atomic mass is 16.6. The molecule has 0 aliphatic carbocycles. The molecule has 0 aliphatic rings. The number of pyridine rings is 1. The molecule has 1 heterocycles. The Hall–Kier alpha value is -3.74. The molecule has 1 atom stereocenters. The number of hydrogen-bond donors (Lipinski definition) is 2. The second-order valence-corrected chi connectivity index (χ2v) is 5.96. The van der Waals surface area contributed by atoms with Gasteiger partial charge in [0.05, 0.1) is 11.0 Å².